The van der Waals surface area contributed by atoms with Gasteiger partial charge in [-0.3, -0.25) is 9.52 Å². The van der Waals surface area contributed by atoms with Crippen LogP contribution in [0.5, 0.6) is 0 Å². The summed E-state index contributed by atoms with van der Waals surface area (Å²) < 4.78 is 28.2. The van der Waals surface area contributed by atoms with E-state index in [0.29, 0.717) is 17.3 Å². The number of nitrogens with zero attached hydrogens (tertiary/aromatic N) is 1. The summed E-state index contributed by atoms with van der Waals surface area (Å²) in [5, 5.41) is 0.336. The van der Waals surface area contributed by atoms with Crippen LogP contribution in [-0.2, 0) is 21.2 Å². The number of halogens is 1. The van der Waals surface area contributed by atoms with Gasteiger partial charge in [-0.05, 0) is 55.2 Å². The lowest BCUT2D eigenvalue weighted by Gasteiger charge is -2.26. The van der Waals surface area contributed by atoms with Gasteiger partial charge in [-0.15, -0.1) is 0 Å². The number of para-hydroxylation sites is 1. The second-order valence-electron chi connectivity index (χ2n) is 6.42. The fourth-order valence-electron chi connectivity index (χ4n) is 3.57. The van der Waals surface area contributed by atoms with E-state index < -0.39 is 10.0 Å². The van der Waals surface area contributed by atoms with Crippen LogP contribution < -0.4 is 9.62 Å². The maximum atomic E-state index is 12.8. The molecular weight excluding hydrogens is 360 g/mol. The molecule has 2 aromatic rings. The number of aryl methyl sites for hydroxylation is 1. The number of amides is 1. The zero-order chi connectivity index (χ0) is 17.8. The number of carbonyl (C=O) groups excluding carboxylic acids is 1. The van der Waals surface area contributed by atoms with Crippen molar-refractivity contribution in [3.05, 3.63) is 52.5 Å². The van der Waals surface area contributed by atoms with Crippen molar-refractivity contribution in [2.24, 2.45) is 0 Å². The molecule has 1 amide bonds. The Hall–Kier alpha value is -2.05. The maximum Gasteiger partial charge on any atom is 0.261 e. The van der Waals surface area contributed by atoms with Gasteiger partial charge in [-0.2, -0.15) is 0 Å². The Balaban J connectivity index is 1.80. The van der Waals surface area contributed by atoms with Crippen molar-refractivity contribution < 1.29 is 13.2 Å². The second-order valence-corrected chi connectivity index (χ2v) is 8.51. The molecule has 2 aromatic carbocycles. The van der Waals surface area contributed by atoms with E-state index in [9.17, 15) is 13.2 Å². The molecule has 1 N–H and O–H groups in total. The van der Waals surface area contributed by atoms with Crippen LogP contribution >= 0.6 is 11.6 Å². The van der Waals surface area contributed by atoms with Crippen molar-refractivity contribution in [3.63, 3.8) is 0 Å². The van der Waals surface area contributed by atoms with E-state index in [1.807, 2.05) is 6.92 Å². The van der Waals surface area contributed by atoms with E-state index >= 15 is 0 Å². The normalized spacial score (nSPS) is 19.0. The molecule has 0 fully saturated rings. The Morgan fingerprint density at radius 2 is 2.00 bits per heavy atom. The van der Waals surface area contributed by atoms with Gasteiger partial charge in [0.05, 0.1) is 27.2 Å². The summed E-state index contributed by atoms with van der Waals surface area (Å²) in [4.78, 5) is 14.4. The Kier molecular flexibility index (Phi) is 3.77. The van der Waals surface area contributed by atoms with Crippen LogP contribution in [0.4, 0.5) is 11.4 Å². The van der Waals surface area contributed by atoms with E-state index in [1.54, 1.807) is 41.3 Å². The Morgan fingerprint density at radius 3 is 2.76 bits per heavy atom. The molecule has 0 aliphatic carbocycles. The largest absolute Gasteiger partial charge is 0.311 e. The molecule has 0 bridgehead atoms. The smallest absolute Gasteiger partial charge is 0.261 e. The fraction of sp³-hybridized carbons (Fsp3) is 0.278. The summed E-state index contributed by atoms with van der Waals surface area (Å²) in [6.07, 6.45) is 1.61. The van der Waals surface area contributed by atoms with Gasteiger partial charge in [0.2, 0.25) is 5.91 Å². The molecule has 25 heavy (non-hydrogen) atoms. The van der Waals surface area contributed by atoms with Gasteiger partial charge in [0.15, 0.2) is 0 Å². The van der Waals surface area contributed by atoms with Crippen molar-refractivity contribution in [1.82, 2.24) is 0 Å². The standard InChI is InChI=1S/C18H17ClN2O3S/c1-11-14-10-13(9-12-5-4-8-21(17(12)14)18(11)22)25(23,24)20-16-7-3-2-6-15(16)19/h2-3,6-7,9-11,20H,4-5,8H2,1H3. The molecule has 0 saturated carbocycles. The molecule has 0 saturated heterocycles. The first-order chi connectivity index (χ1) is 11.9. The van der Waals surface area contributed by atoms with E-state index in [4.69, 9.17) is 11.6 Å². The Morgan fingerprint density at radius 1 is 1.24 bits per heavy atom. The first-order valence-corrected chi connectivity index (χ1v) is 10.00. The van der Waals surface area contributed by atoms with E-state index in [0.717, 1.165) is 29.7 Å². The van der Waals surface area contributed by atoms with Gasteiger partial charge in [-0.1, -0.05) is 23.7 Å². The lowest BCUT2D eigenvalue weighted by atomic mass is 9.97. The third-order valence-corrected chi connectivity index (χ3v) is 6.50. The summed E-state index contributed by atoms with van der Waals surface area (Å²) in [6, 6.07) is 9.99. The van der Waals surface area contributed by atoms with Crippen molar-refractivity contribution in [1.29, 1.82) is 0 Å². The minimum atomic E-state index is -3.79. The van der Waals surface area contributed by atoms with E-state index in [-0.39, 0.29) is 16.7 Å². The average molecular weight is 377 g/mol. The first-order valence-electron chi connectivity index (χ1n) is 8.14. The predicted molar refractivity (Wildman–Crippen MR) is 97.8 cm³/mol. The molecule has 0 aromatic heterocycles. The SMILES string of the molecule is CC1C(=O)N2CCCc3cc(S(=O)(=O)Nc4ccccc4Cl)cc1c32. The highest BCUT2D eigenvalue weighted by atomic mass is 35.5. The molecule has 7 heteroatoms. The predicted octanol–water partition coefficient (Wildman–Crippen LogP) is 3.54. The van der Waals surface area contributed by atoms with Crippen LogP contribution in [0.2, 0.25) is 5.02 Å². The molecule has 0 radical (unpaired) electrons. The number of anilines is 2. The van der Waals surface area contributed by atoms with Crippen LogP contribution in [0.15, 0.2) is 41.3 Å². The van der Waals surface area contributed by atoms with E-state index in [1.165, 1.54) is 0 Å². The van der Waals surface area contributed by atoms with Crippen LogP contribution in [0.25, 0.3) is 0 Å². The molecule has 2 heterocycles. The zero-order valence-electron chi connectivity index (χ0n) is 13.6. The summed E-state index contributed by atoms with van der Waals surface area (Å²) in [5.41, 5.74) is 2.95. The minimum absolute atomic E-state index is 0.0459. The molecule has 1 atom stereocenters. The van der Waals surface area contributed by atoms with Gasteiger partial charge in [0, 0.05) is 6.54 Å². The highest BCUT2D eigenvalue weighted by molar-refractivity contribution is 7.92. The molecule has 2 aliphatic heterocycles. The fourth-order valence-corrected chi connectivity index (χ4v) is 4.97. The van der Waals surface area contributed by atoms with Crippen molar-refractivity contribution in [3.8, 4) is 0 Å². The van der Waals surface area contributed by atoms with E-state index in [2.05, 4.69) is 4.72 Å². The Labute approximate surface area is 151 Å². The third kappa shape index (κ3) is 2.60. The third-order valence-electron chi connectivity index (χ3n) is 4.82. The summed E-state index contributed by atoms with van der Waals surface area (Å²) >= 11 is 6.06. The van der Waals surface area contributed by atoms with Crippen molar-refractivity contribution in [2.75, 3.05) is 16.2 Å². The number of hydrogen-bond donors (Lipinski definition) is 1. The van der Waals surface area contributed by atoms with Crippen molar-refractivity contribution >= 4 is 38.9 Å². The number of nitrogens with one attached hydrogen (secondary N) is 1. The molecular formula is C18H17ClN2O3S. The number of rotatable bonds is 3. The molecule has 5 nitrogen and oxygen atoms in total. The topological polar surface area (TPSA) is 66.5 Å². The summed E-state index contributed by atoms with van der Waals surface area (Å²) in [7, 11) is -3.79. The maximum absolute atomic E-state index is 12.8. The summed E-state index contributed by atoms with van der Waals surface area (Å²) in [6.45, 7) is 2.53. The molecule has 130 valence electrons. The van der Waals surface area contributed by atoms with Gasteiger partial charge in [0.1, 0.15) is 0 Å². The van der Waals surface area contributed by atoms with Gasteiger partial charge in [-0.25, -0.2) is 8.42 Å². The van der Waals surface area contributed by atoms with Gasteiger partial charge < -0.3 is 4.90 Å². The number of benzene rings is 2. The average Bonchev–Trinajstić information content (AvgIpc) is 2.84. The first kappa shape index (κ1) is 16.4. The van der Waals surface area contributed by atoms with Crippen LogP contribution in [0.3, 0.4) is 0 Å². The highest BCUT2D eigenvalue weighted by Gasteiger charge is 2.38. The lowest BCUT2D eigenvalue weighted by Crippen LogP contribution is -2.32. The highest BCUT2D eigenvalue weighted by Crippen LogP contribution is 2.44. The van der Waals surface area contributed by atoms with Gasteiger partial charge in [0.25, 0.3) is 10.0 Å². The van der Waals surface area contributed by atoms with Crippen molar-refractivity contribution in [2.45, 2.75) is 30.6 Å². The van der Waals surface area contributed by atoms with Crippen LogP contribution in [0.1, 0.15) is 30.4 Å². The van der Waals surface area contributed by atoms with Crippen LogP contribution in [-0.4, -0.2) is 20.9 Å². The Bertz CT molecular complexity index is 988. The molecule has 4 rings (SSSR count). The minimum Gasteiger partial charge on any atom is -0.311 e. The number of carbonyl (C=O) groups is 1. The quantitative estimate of drug-likeness (QED) is 0.890. The monoisotopic (exact) mass is 376 g/mol. The zero-order valence-corrected chi connectivity index (χ0v) is 15.2. The molecule has 0 spiro atoms. The van der Waals surface area contributed by atoms with Crippen LogP contribution in [0, 0.1) is 0 Å². The summed E-state index contributed by atoms with van der Waals surface area (Å²) in [5.74, 6) is -0.271. The number of sulfonamides is 1. The molecule has 2 aliphatic rings. The lowest BCUT2D eigenvalue weighted by molar-refractivity contribution is -0.119. The number of hydrogen-bond acceptors (Lipinski definition) is 3. The molecule has 1 unspecified atom stereocenters. The second kappa shape index (κ2) is 5.75. The van der Waals surface area contributed by atoms with Gasteiger partial charge >= 0.3 is 0 Å².